The van der Waals surface area contributed by atoms with Gasteiger partial charge in [-0.3, -0.25) is 0 Å². The van der Waals surface area contributed by atoms with Crippen molar-refractivity contribution in [1.29, 1.82) is 0 Å². The van der Waals surface area contributed by atoms with Crippen LogP contribution in [0.1, 0.15) is 18.4 Å². The van der Waals surface area contributed by atoms with Crippen LogP contribution in [0, 0.1) is 17.5 Å². The molecule has 0 amide bonds. The Kier molecular flexibility index (Phi) is 2.15. The summed E-state index contributed by atoms with van der Waals surface area (Å²) >= 11 is 0. The molecule has 0 spiro atoms. The fourth-order valence-corrected chi connectivity index (χ4v) is 1.55. The second kappa shape index (κ2) is 3.13. The van der Waals surface area contributed by atoms with Crippen molar-refractivity contribution in [2.75, 3.05) is 7.11 Å². The number of hydrogen-bond acceptors (Lipinski definition) is 2. The van der Waals surface area contributed by atoms with Gasteiger partial charge in [0.1, 0.15) is 0 Å². The Bertz CT molecular complexity index is 416. The largest absolute Gasteiger partial charge is 0.494 e. The zero-order valence-corrected chi connectivity index (χ0v) is 8.11. The molecule has 1 saturated carbocycles. The first-order valence-corrected chi connectivity index (χ1v) is 4.50. The zero-order chi connectivity index (χ0) is 11.2. The summed E-state index contributed by atoms with van der Waals surface area (Å²) in [6.07, 6.45) is 0.904. The van der Waals surface area contributed by atoms with E-state index in [0.717, 1.165) is 0 Å². The number of benzene rings is 1. The van der Waals surface area contributed by atoms with E-state index in [-0.39, 0.29) is 5.75 Å². The van der Waals surface area contributed by atoms with Crippen molar-refractivity contribution < 1.29 is 17.9 Å². The SMILES string of the molecule is COc1cc(F)c(F)c(C2(N)CC2)c1F. The molecule has 0 atom stereocenters. The van der Waals surface area contributed by atoms with Crippen LogP contribution < -0.4 is 10.5 Å². The van der Waals surface area contributed by atoms with E-state index in [0.29, 0.717) is 18.9 Å². The lowest BCUT2D eigenvalue weighted by Crippen LogP contribution is -2.23. The highest BCUT2D eigenvalue weighted by Crippen LogP contribution is 2.46. The Hall–Kier alpha value is -1.23. The van der Waals surface area contributed by atoms with Crippen LogP contribution in [0.3, 0.4) is 0 Å². The van der Waals surface area contributed by atoms with E-state index in [1.165, 1.54) is 7.11 Å². The highest BCUT2D eigenvalue weighted by molar-refractivity contribution is 5.40. The average Bonchev–Trinajstić information content (AvgIpc) is 2.91. The Morgan fingerprint density at radius 3 is 2.33 bits per heavy atom. The summed E-state index contributed by atoms with van der Waals surface area (Å²) in [6.45, 7) is 0. The minimum atomic E-state index is -1.21. The van der Waals surface area contributed by atoms with Gasteiger partial charge >= 0.3 is 0 Å². The number of methoxy groups -OCH3 is 1. The number of halogens is 3. The second-order valence-corrected chi connectivity index (χ2v) is 3.72. The lowest BCUT2D eigenvalue weighted by atomic mass is 10.0. The highest BCUT2D eigenvalue weighted by Gasteiger charge is 2.46. The molecule has 0 saturated heterocycles. The first kappa shape index (κ1) is 10.3. The van der Waals surface area contributed by atoms with E-state index in [4.69, 9.17) is 5.73 Å². The van der Waals surface area contributed by atoms with Crippen LogP contribution in [0.2, 0.25) is 0 Å². The van der Waals surface area contributed by atoms with Gasteiger partial charge in [-0.25, -0.2) is 13.2 Å². The smallest absolute Gasteiger partial charge is 0.173 e. The van der Waals surface area contributed by atoms with Crippen LogP contribution in [0.15, 0.2) is 6.07 Å². The van der Waals surface area contributed by atoms with Crippen molar-refractivity contribution in [3.05, 3.63) is 29.1 Å². The van der Waals surface area contributed by atoms with Crippen molar-refractivity contribution in [2.45, 2.75) is 18.4 Å². The Labute approximate surface area is 84.8 Å². The molecule has 1 fully saturated rings. The van der Waals surface area contributed by atoms with Gasteiger partial charge in [0.2, 0.25) is 0 Å². The Balaban J connectivity index is 2.65. The van der Waals surface area contributed by atoms with Gasteiger partial charge in [-0.1, -0.05) is 0 Å². The number of rotatable bonds is 2. The average molecular weight is 217 g/mol. The van der Waals surface area contributed by atoms with Crippen molar-refractivity contribution in [2.24, 2.45) is 5.73 Å². The minimum Gasteiger partial charge on any atom is -0.494 e. The summed E-state index contributed by atoms with van der Waals surface area (Å²) in [7, 11) is 1.19. The quantitative estimate of drug-likeness (QED) is 0.769. The maximum absolute atomic E-state index is 13.6. The first-order chi connectivity index (χ1) is 6.99. The van der Waals surface area contributed by atoms with Crippen LogP contribution in [0.4, 0.5) is 13.2 Å². The van der Waals surface area contributed by atoms with E-state index in [1.807, 2.05) is 0 Å². The van der Waals surface area contributed by atoms with Gasteiger partial charge in [0.25, 0.3) is 0 Å². The molecule has 0 aliphatic heterocycles. The molecule has 0 radical (unpaired) electrons. The lowest BCUT2D eigenvalue weighted by Gasteiger charge is -2.14. The zero-order valence-electron chi connectivity index (χ0n) is 8.11. The van der Waals surface area contributed by atoms with Gasteiger partial charge in [-0.15, -0.1) is 0 Å². The molecule has 5 heteroatoms. The number of ether oxygens (including phenoxy) is 1. The fourth-order valence-electron chi connectivity index (χ4n) is 1.55. The predicted molar refractivity (Wildman–Crippen MR) is 48.0 cm³/mol. The van der Waals surface area contributed by atoms with Gasteiger partial charge in [0.05, 0.1) is 12.7 Å². The summed E-state index contributed by atoms with van der Waals surface area (Å²) in [5.41, 5.74) is 4.19. The second-order valence-electron chi connectivity index (χ2n) is 3.72. The summed E-state index contributed by atoms with van der Waals surface area (Å²) in [5, 5.41) is 0. The van der Waals surface area contributed by atoms with Crippen LogP contribution in [0.25, 0.3) is 0 Å². The third kappa shape index (κ3) is 1.47. The molecule has 0 heterocycles. The van der Waals surface area contributed by atoms with Gasteiger partial charge in [-0.05, 0) is 12.8 Å². The summed E-state index contributed by atoms with van der Waals surface area (Å²) < 4.78 is 44.7. The molecule has 1 aliphatic rings. The molecular formula is C10H10F3NO. The molecule has 2 nitrogen and oxygen atoms in total. The number of hydrogen-bond donors (Lipinski definition) is 1. The molecule has 0 aromatic heterocycles. The monoisotopic (exact) mass is 217 g/mol. The van der Waals surface area contributed by atoms with Gasteiger partial charge in [-0.2, -0.15) is 0 Å². The number of nitrogens with two attached hydrogens (primary N) is 1. The fraction of sp³-hybridized carbons (Fsp3) is 0.400. The highest BCUT2D eigenvalue weighted by atomic mass is 19.2. The predicted octanol–water partition coefficient (Wildman–Crippen LogP) is 2.06. The van der Waals surface area contributed by atoms with Gasteiger partial charge in [0, 0.05) is 11.6 Å². The van der Waals surface area contributed by atoms with E-state index in [1.54, 1.807) is 0 Å². The summed E-state index contributed by atoms with van der Waals surface area (Å²) in [5.74, 6) is -3.58. The first-order valence-electron chi connectivity index (χ1n) is 4.50. The molecule has 82 valence electrons. The molecule has 0 unspecified atom stereocenters. The van der Waals surface area contributed by atoms with Crippen LogP contribution >= 0.6 is 0 Å². The molecule has 0 bridgehead atoms. The topological polar surface area (TPSA) is 35.2 Å². The van der Waals surface area contributed by atoms with Crippen molar-refractivity contribution in [3.63, 3.8) is 0 Å². The maximum Gasteiger partial charge on any atom is 0.173 e. The lowest BCUT2D eigenvalue weighted by molar-refractivity contribution is 0.366. The van der Waals surface area contributed by atoms with Crippen LogP contribution in [-0.2, 0) is 5.54 Å². The van der Waals surface area contributed by atoms with Crippen LogP contribution in [0.5, 0.6) is 5.75 Å². The third-order valence-corrected chi connectivity index (χ3v) is 2.63. The molecule has 15 heavy (non-hydrogen) atoms. The van der Waals surface area contributed by atoms with Gasteiger partial charge < -0.3 is 10.5 Å². The Morgan fingerprint density at radius 1 is 1.27 bits per heavy atom. The van der Waals surface area contributed by atoms with E-state index >= 15 is 0 Å². The molecule has 2 rings (SSSR count). The molecule has 1 aromatic rings. The van der Waals surface area contributed by atoms with Gasteiger partial charge in [0.15, 0.2) is 23.2 Å². The molecule has 1 aromatic carbocycles. The van der Waals surface area contributed by atoms with E-state index in [9.17, 15) is 13.2 Å². The Morgan fingerprint density at radius 2 is 1.87 bits per heavy atom. The summed E-state index contributed by atoms with van der Waals surface area (Å²) in [6, 6.07) is 0.680. The minimum absolute atomic E-state index is 0.319. The van der Waals surface area contributed by atoms with E-state index < -0.39 is 28.6 Å². The van der Waals surface area contributed by atoms with E-state index in [2.05, 4.69) is 4.74 Å². The summed E-state index contributed by atoms with van der Waals surface area (Å²) in [4.78, 5) is 0. The van der Waals surface area contributed by atoms with Crippen molar-refractivity contribution in [3.8, 4) is 5.75 Å². The van der Waals surface area contributed by atoms with Crippen molar-refractivity contribution in [1.82, 2.24) is 0 Å². The molecule has 1 aliphatic carbocycles. The van der Waals surface area contributed by atoms with Crippen LogP contribution in [-0.4, -0.2) is 7.11 Å². The van der Waals surface area contributed by atoms with Crippen molar-refractivity contribution >= 4 is 0 Å². The maximum atomic E-state index is 13.6. The normalized spacial score (nSPS) is 17.7. The standard InChI is InChI=1S/C10H10F3NO/c1-15-6-4-5(11)8(12)7(9(6)13)10(14)2-3-10/h4H,2-3,14H2,1H3. The molecule has 2 N–H and O–H groups in total. The molecular weight excluding hydrogens is 207 g/mol. The third-order valence-electron chi connectivity index (χ3n) is 2.63.